The summed E-state index contributed by atoms with van der Waals surface area (Å²) < 4.78 is 29.6. The van der Waals surface area contributed by atoms with Gasteiger partial charge in [-0.3, -0.25) is 24.7 Å². The summed E-state index contributed by atoms with van der Waals surface area (Å²) in [6, 6.07) is 0. The summed E-state index contributed by atoms with van der Waals surface area (Å²) >= 11 is 25.2. The number of anilines is 4. The summed E-state index contributed by atoms with van der Waals surface area (Å²) in [5.74, 6) is 20.6. The number of fused-ring (bicyclic) bond motifs is 4. The Kier molecular flexibility index (Phi) is 27.2. The zero-order chi connectivity index (χ0) is 78.4. The SMILES string of the molecule is COc1c(C)cnc(Cn2cc(C#CCCC(N)=O)c3c(Cl)nc(N)nc32)c1C.COc1c(C)cnc(Cn2cc(C#CCCO)c3c(Cl)nc(N)nc32)c1C.COc1c(C)cnc(Cn2cc(C#CCO)c3c(Cl)nc(N)nc32)c1C.COc1c(C)cnc(Cn2cc(CCCO)c3c(Cl)nc(N)nc32)c1C. The van der Waals surface area contributed by atoms with Gasteiger partial charge in [-0.1, -0.05) is 81.9 Å². The van der Waals surface area contributed by atoms with Crippen molar-refractivity contribution in [3.05, 3.63) is 160 Å². The molecule has 12 aromatic rings. The maximum atomic E-state index is 10.9. The maximum absolute atomic E-state index is 10.9. The third-order valence-corrected chi connectivity index (χ3v) is 18.3. The van der Waals surface area contributed by atoms with Gasteiger partial charge in [0.25, 0.3) is 0 Å². The van der Waals surface area contributed by atoms with E-state index in [2.05, 4.69) is 95.3 Å². The molecule has 29 nitrogen and oxygen atoms in total. The molecule has 0 atom stereocenters. The van der Waals surface area contributed by atoms with E-state index in [1.165, 1.54) is 0 Å². The molecule has 12 aromatic heterocycles. The summed E-state index contributed by atoms with van der Waals surface area (Å²) in [4.78, 5) is 62.6. The Labute approximate surface area is 642 Å². The number of nitrogen functional groups attached to an aromatic ring is 4. The molecular weight excluding hydrogens is 1460 g/mol. The number of nitrogens with two attached hydrogens (primary N) is 5. The molecule has 0 aliphatic heterocycles. The fraction of sp³-hybridized carbons (Fsp3) is 0.320. The first-order chi connectivity index (χ1) is 51.7. The van der Waals surface area contributed by atoms with Crippen molar-refractivity contribution in [2.75, 3.05) is 71.2 Å². The van der Waals surface area contributed by atoms with Gasteiger partial charge >= 0.3 is 0 Å². The maximum Gasteiger partial charge on any atom is 0.223 e. The highest BCUT2D eigenvalue weighted by Crippen LogP contribution is 2.35. The van der Waals surface area contributed by atoms with Gasteiger partial charge in [-0.2, -0.15) is 19.9 Å². The topological polar surface area (TPSA) is 419 Å². The molecule has 0 aromatic carbocycles. The van der Waals surface area contributed by atoms with Crippen LogP contribution in [0.2, 0.25) is 20.6 Å². The van der Waals surface area contributed by atoms with E-state index >= 15 is 0 Å². The molecule has 12 rings (SSSR count). The average Bonchev–Trinajstić information content (AvgIpc) is 1.64. The number of rotatable bonds is 18. The first kappa shape index (κ1) is 80.8. The summed E-state index contributed by atoms with van der Waals surface area (Å²) in [6.45, 7) is 17.4. The van der Waals surface area contributed by atoms with Gasteiger partial charge in [0.05, 0.1) is 122 Å². The van der Waals surface area contributed by atoms with Gasteiger partial charge in [0, 0.05) is 120 Å². The number of aliphatic hydroxyl groups is 3. The monoisotopic (exact) mass is 1540 g/mol. The van der Waals surface area contributed by atoms with Crippen molar-refractivity contribution in [3.8, 4) is 58.5 Å². The van der Waals surface area contributed by atoms with Crippen LogP contribution in [0.1, 0.15) is 115 Å². The van der Waals surface area contributed by atoms with Crippen molar-refractivity contribution < 1.29 is 39.1 Å². The Bertz CT molecular complexity index is 5590. The highest BCUT2D eigenvalue weighted by molar-refractivity contribution is 6.36. The summed E-state index contributed by atoms with van der Waals surface area (Å²) in [7, 11) is 6.58. The van der Waals surface area contributed by atoms with Crippen LogP contribution in [0.25, 0.3) is 44.1 Å². The van der Waals surface area contributed by atoms with E-state index < -0.39 is 5.91 Å². The van der Waals surface area contributed by atoms with Crippen molar-refractivity contribution in [3.63, 3.8) is 0 Å². The first-order valence-electron chi connectivity index (χ1n) is 33.5. The van der Waals surface area contributed by atoms with E-state index in [1.807, 2.05) is 92.2 Å². The number of primary amides is 1. The number of carbonyl (C=O) groups excluding carboxylic acids is 1. The fourth-order valence-electron chi connectivity index (χ4n) is 12.2. The van der Waals surface area contributed by atoms with Gasteiger partial charge in [-0.15, -0.1) is 0 Å². The fourth-order valence-corrected chi connectivity index (χ4v) is 13.3. The lowest BCUT2D eigenvalue weighted by Gasteiger charge is -2.13. The number of nitrogens with zero attached hydrogens (tertiary/aromatic N) is 16. The number of carbonyl (C=O) groups is 1. The Balaban J connectivity index is 0.000000166. The molecule has 0 fully saturated rings. The highest BCUT2D eigenvalue weighted by atomic mass is 35.5. The predicted octanol–water partition coefficient (Wildman–Crippen LogP) is 9.56. The smallest absolute Gasteiger partial charge is 0.223 e. The lowest BCUT2D eigenvalue weighted by Crippen LogP contribution is -2.08. The van der Waals surface area contributed by atoms with Crippen LogP contribution >= 0.6 is 46.4 Å². The zero-order valence-corrected chi connectivity index (χ0v) is 64.6. The molecule has 0 saturated carbocycles. The van der Waals surface area contributed by atoms with Crippen LogP contribution in [0.5, 0.6) is 23.0 Å². The van der Waals surface area contributed by atoms with Crippen molar-refractivity contribution in [2.45, 2.75) is 114 Å². The molecule has 0 bridgehead atoms. The minimum atomic E-state index is -0.397. The molecule has 13 N–H and O–H groups in total. The number of hydrogen-bond acceptors (Lipinski definition) is 24. The largest absolute Gasteiger partial charge is 0.496 e. The van der Waals surface area contributed by atoms with Crippen LogP contribution < -0.4 is 47.6 Å². The second-order valence-electron chi connectivity index (χ2n) is 24.6. The van der Waals surface area contributed by atoms with Crippen LogP contribution in [0.4, 0.5) is 23.8 Å². The van der Waals surface area contributed by atoms with Crippen molar-refractivity contribution in [1.29, 1.82) is 0 Å². The van der Waals surface area contributed by atoms with Crippen molar-refractivity contribution in [2.24, 2.45) is 5.73 Å². The number of halogens is 4. The predicted molar refractivity (Wildman–Crippen MR) is 419 cm³/mol. The molecular formula is C75H81Cl4N21O8. The molecule has 0 aliphatic rings. The Hall–Kier alpha value is -11.3. The molecule has 562 valence electrons. The lowest BCUT2D eigenvalue weighted by molar-refractivity contribution is -0.117. The van der Waals surface area contributed by atoms with E-state index in [4.69, 9.17) is 109 Å². The van der Waals surface area contributed by atoms with E-state index in [9.17, 15) is 4.79 Å². The van der Waals surface area contributed by atoms with E-state index in [-0.39, 0.29) is 65.5 Å². The number of aliphatic hydroxyl groups excluding tert-OH is 3. The summed E-state index contributed by atoms with van der Waals surface area (Å²) in [5, 5.41) is 30.7. The number of ether oxygens (including phenoxy) is 4. The van der Waals surface area contributed by atoms with Gasteiger partial charge in [0.15, 0.2) is 0 Å². The second-order valence-corrected chi connectivity index (χ2v) is 26.0. The molecule has 0 aliphatic carbocycles. The number of methoxy groups -OCH3 is 4. The molecule has 0 unspecified atom stereocenters. The van der Waals surface area contributed by atoms with Gasteiger partial charge in [0.1, 0.15) is 72.8 Å². The Morgan fingerprint density at radius 2 is 0.722 bits per heavy atom. The zero-order valence-electron chi connectivity index (χ0n) is 61.5. The number of aryl methyl sites for hydroxylation is 5. The van der Waals surface area contributed by atoms with Crippen molar-refractivity contribution in [1.82, 2.24) is 78.1 Å². The third kappa shape index (κ3) is 18.4. The minimum absolute atomic E-state index is 0.00486. The number of hydrogen-bond donors (Lipinski definition) is 8. The highest BCUT2D eigenvalue weighted by Gasteiger charge is 2.23. The number of pyridine rings is 4. The summed E-state index contributed by atoms with van der Waals surface area (Å²) in [6.07, 6.45) is 16.8. The van der Waals surface area contributed by atoms with Crippen LogP contribution in [-0.4, -0.2) is 148 Å². The lowest BCUT2D eigenvalue weighted by atomic mass is 10.1. The van der Waals surface area contributed by atoms with Gasteiger partial charge < -0.3 is 81.2 Å². The molecule has 0 spiro atoms. The quantitative estimate of drug-likeness (QED) is 0.0292. The minimum Gasteiger partial charge on any atom is -0.496 e. The van der Waals surface area contributed by atoms with Crippen LogP contribution in [-0.2, 0) is 37.4 Å². The Morgan fingerprint density at radius 1 is 0.426 bits per heavy atom. The van der Waals surface area contributed by atoms with Gasteiger partial charge in [-0.05, 0) is 73.8 Å². The van der Waals surface area contributed by atoms with Crippen LogP contribution in [0.15, 0.2) is 49.6 Å². The normalized spacial score (nSPS) is 10.8. The first-order valence-corrected chi connectivity index (χ1v) is 35.0. The molecule has 33 heteroatoms. The summed E-state index contributed by atoms with van der Waals surface area (Å²) in [5.41, 5.74) is 44.7. The van der Waals surface area contributed by atoms with E-state index in [0.29, 0.717) is 112 Å². The standard InChI is InChI=1S/C20H21ClN6O2.C19H20ClN5O2.C18H22ClN5O2.C18H18ClN5O2/c1-11-8-24-14(12(2)17(11)29-3)10-27-9-13(6-4-5-7-15(22)28)16-18(21)25-20(23)26-19(16)27;1-11-8-22-14(12(2)16(11)27-3)10-25-9-13(6-4-5-7-26)15-17(20)23-19(21)24-18(15)25;2*1-10-7-21-13(11(2)15(10)26-3)9-24-8-12(5-4-6-25)14-16(19)22-18(20)23-17(14)24/h8-9H,5,7,10H2,1-3H3,(H2,22,28)(H2,23,25,26);8-9,26H,5,7,10H2,1-3H3,(H2,21,23,24);7-8,25H,4-6,9H2,1-3H3,(H2,20,22,23);7-8,25H,6,9H2,1-3H3,(H2,20,22,23). The van der Waals surface area contributed by atoms with E-state index in [0.717, 1.165) is 101 Å². The number of aromatic nitrogens is 16. The third-order valence-electron chi connectivity index (χ3n) is 17.2. The second kappa shape index (κ2) is 36.3. The molecule has 0 radical (unpaired) electrons. The molecule has 12 heterocycles. The number of amides is 1. The molecule has 108 heavy (non-hydrogen) atoms. The van der Waals surface area contributed by atoms with Crippen molar-refractivity contribution >= 4 is 120 Å². The molecule has 0 saturated heterocycles. The van der Waals surface area contributed by atoms with E-state index in [1.54, 1.807) is 59.4 Å². The molecule has 1 amide bonds. The van der Waals surface area contributed by atoms with Gasteiger partial charge in [-0.25, -0.2) is 19.9 Å². The van der Waals surface area contributed by atoms with Crippen LogP contribution in [0, 0.1) is 90.9 Å². The Morgan fingerprint density at radius 3 is 1.02 bits per heavy atom. The van der Waals surface area contributed by atoms with Crippen LogP contribution in [0.3, 0.4) is 0 Å². The van der Waals surface area contributed by atoms with Gasteiger partial charge in [0.2, 0.25) is 29.7 Å². The average molecular weight is 1550 g/mol.